The third-order valence-electron chi connectivity index (χ3n) is 3.38. The first-order valence-corrected chi connectivity index (χ1v) is 7.73. The van der Waals surface area contributed by atoms with E-state index < -0.39 is 16.6 Å². The van der Waals surface area contributed by atoms with Crippen LogP contribution in [0.5, 0.6) is 5.75 Å². The summed E-state index contributed by atoms with van der Waals surface area (Å²) in [5.41, 5.74) is 0.454. The summed E-state index contributed by atoms with van der Waals surface area (Å²) in [5.74, 6) is -0.432. The Morgan fingerprint density at radius 3 is 2.36 bits per heavy atom. The lowest BCUT2D eigenvalue weighted by Crippen LogP contribution is -2.20. The molecular formula is C17H12O4S. The van der Waals surface area contributed by atoms with Crippen LogP contribution < -0.4 is 4.74 Å². The maximum Gasteiger partial charge on any atom is 0.203 e. The minimum atomic E-state index is -1.69. The molecule has 3 rings (SSSR count). The van der Waals surface area contributed by atoms with Gasteiger partial charge in [-0.3, -0.25) is 9.59 Å². The third kappa shape index (κ3) is 2.29. The largest absolute Gasteiger partial charge is 0.496 e. The normalized spacial score (nSPS) is 15.0. The number of Topliss-reactive ketones (excluding diaryl/α,β-unsaturated/α-hetero) is 1. The zero-order valence-electron chi connectivity index (χ0n) is 11.7. The summed E-state index contributed by atoms with van der Waals surface area (Å²) >= 11 is 0. The lowest BCUT2D eigenvalue weighted by atomic mass is 9.94. The van der Waals surface area contributed by atoms with Gasteiger partial charge in [0.2, 0.25) is 5.78 Å². The van der Waals surface area contributed by atoms with Crippen LogP contribution in [0, 0.1) is 0 Å². The number of carbonyl (C=O) groups excluding carboxylic acids is 2. The summed E-state index contributed by atoms with van der Waals surface area (Å²) in [6, 6.07) is 13.4. The Kier molecular flexibility index (Phi) is 3.73. The molecule has 0 radical (unpaired) electrons. The van der Waals surface area contributed by atoms with Crippen molar-refractivity contribution in [2.45, 2.75) is 4.90 Å². The fraction of sp³-hybridized carbons (Fsp3) is 0.0588. The van der Waals surface area contributed by atoms with E-state index in [9.17, 15) is 13.8 Å². The van der Waals surface area contributed by atoms with Crippen molar-refractivity contribution in [2.75, 3.05) is 7.11 Å². The third-order valence-corrected chi connectivity index (χ3v) is 4.78. The molecule has 0 N–H and O–H groups in total. The number of fused-ring (bicyclic) bond motifs is 1. The molecule has 0 bridgehead atoms. The topological polar surface area (TPSA) is 60.4 Å². The highest BCUT2D eigenvalue weighted by molar-refractivity contribution is 7.90. The van der Waals surface area contributed by atoms with E-state index in [1.807, 2.05) is 0 Å². The monoisotopic (exact) mass is 312 g/mol. The second kappa shape index (κ2) is 5.69. The average molecular weight is 312 g/mol. The lowest BCUT2D eigenvalue weighted by molar-refractivity contribution is 0.0988. The number of carbonyl (C=O) groups is 2. The van der Waals surface area contributed by atoms with Crippen molar-refractivity contribution in [3.63, 3.8) is 0 Å². The number of ketones is 2. The summed E-state index contributed by atoms with van der Waals surface area (Å²) < 4.78 is 17.7. The highest BCUT2D eigenvalue weighted by Crippen LogP contribution is 2.31. The highest BCUT2D eigenvalue weighted by atomic mass is 32.2. The molecule has 0 aromatic heterocycles. The Morgan fingerprint density at radius 2 is 1.68 bits per heavy atom. The van der Waals surface area contributed by atoms with Gasteiger partial charge in [-0.05, 0) is 24.3 Å². The van der Waals surface area contributed by atoms with Crippen molar-refractivity contribution in [1.82, 2.24) is 0 Å². The van der Waals surface area contributed by atoms with Crippen LogP contribution in [0.1, 0.15) is 20.7 Å². The SMILES string of the molecule is COc1cccc2c1C(=O)C=C(S(=O)c1ccccc1)C2=O. The van der Waals surface area contributed by atoms with Crippen LogP contribution in [0.3, 0.4) is 0 Å². The molecule has 0 fully saturated rings. The molecule has 22 heavy (non-hydrogen) atoms. The van der Waals surface area contributed by atoms with Crippen molar-refractivity contribution in [1.29, 1.82) is 0 Å². The fourth-order valence-electron chi connectivity index (χ4n) is 2.34. The van der Waals surface area contributed by atoms with Gasteiger partial charge in [0.05, 0.1) is 28.4 Å². The molecule has 1 aliphatic rings. The van der Waals surface area contributed by atoms with E-state index in [1.165, 1.54) is 7.11 Å². The van der Waals surface area contributed by atoms with Gasteiger partial charge in [-0.15, -0.1) is 0 Å². The number of rotatable bonds is 3. The van der Waals surface area contributed by atoms with Crippen LogP contribution >= 0.6 is 0 Å². The van der Waals surface area contributed by atoms with Crippen LogP contribution in [0.2, 0.25) is 0 Å². The second-order valence-electron chi connectivity index (χ2n) is 4.67. The van der Waals surface area contributed by atoms with Gasteiger partial charge >= 0.3 is 0 Å². The Bertz CT molecular complexity index is 822. The van der Waals surface area contributed by atoms with Crippen LogP contribution in [0.25, 0.3) is 0 Å². The van der Waals surface area contributed by atoms with E-state index in [2.05, 4.69) is 0 Å². The van der Waals surface area contributed by atoms with Crippen molar-refractivity contribution in [2.24, 2.45) is 0 Å². The van der Waals surface area contributed by atoms with Gasteiger partial charge < -0.3 is 4.74 Å². The molecule has 0 aliphatic heterocycles. The standard InChI is InChI=1S/C17H12O4S/c1-21-14-9-5-8-12-16(14)13(18)10-15(17(12)19)22(20)11-6-3-2-4-7-11/h2-10H,1H3. The Hall–Kier alpha value is -2.53. The second-order valence-corrected chi connectivity index (χ2v) is 6.12. The van der Waals surface area contributed by atoms with Gasteiger partial charge in [-0.1, -0.05) is 24.3 Å². The Morgan fingerprint density at radius 1 is 0.955 bits per heavy atom. The van der Waals surface area contributed by atoms with E-state index in [4.69, 9.17) is 4.74 Å². The summed E-state index contributed by atoms with van der Waals surface area (Å²) in [5, 5.41) is 0. The van der Waals surface area contributed by atoms with Crippen LogP contribution in [-0.4, -0.2) is 22.9 Å². The van der Waals surface area contributed by atoms with Crippen molar-refractivity contribution < 1.29 is 18.5 Å². The molecule has 4 nitrogen and oxygen atoms in total. The molecule has 0 amide bonds. The van der Waals surface area contributed by atoms with E-state index >= 15 is 0 Å². The number of allylic oxidation sites excluding steroid dienone is 2. The number of ether oxygens (including phenoxy) is 1. The van der Waals surface area contributed by atoms with Crippen molar-refractivity contribution in [3.8, 4) is 5.75 Å². The molecule has 2 aromatic carbocycles. The lowest BCUT2D eigenvalue weighted by Gasteiger charge is -2.17. The molecule has 110 valence electrons. The number of methoxy groups -OCH3 is 1. The van der Waals surface area contributed by atoms with Crippen LogP contribution in [0.4, 0.5) is 0 Å². The van der Waals surface area contributed by atoms with Gasteiger partial charge in [0, 0.05) is 16.5 Å². The summed E-state index contributed by atoms with van der Waals surface area (Å²) in [4.78, 5) is 25.4. The minimum absolute atomic E-state index is 0.00282. The van der Waals surface area contributed by atoms with E-state index in [0.29, 0.717) is 10.6 Å². The molecule has 0 spiro atoms. The van der Waals surface area contributed by atoms with Gasteiger partial charge in [0.25, 0.3) is 0 Å². The molecule has 0 saturated carbocycles. The number of hydrogen-bond acceptors (Lipinski definition) is 4. The number of hydrogen-bond donors (Lipinski definition) is 0. The zero-order valence-corrected chi connectivity index (χ0v) is 12.6. The summed E-state index contributed by atoms with van der Waals surface area (Å²) in [6.07, 6.45) is 1.15. The zero-order chi connectivity index (χ0) is 15.7. The predicted octanol–water partition coefficient (Wildman–Crippen LogP) is 2.77. The van der Waals surface area contributed by atoms with E-state index in [1.54, 1.807) is 48.5 Å². The Labute approximate surface area is 129 Å². The maximum atomic E-state index is 12.6. The molecule has 1 unspecified atom stereocenters. The minimum Gasteiger partial charge on any atom is -0.496 e. The van der Waals surface area contributed by atoms with Crippen LogP contribution in [-0.2, 0) is 10.8 Å². The molecule has 1 aliphatic carbocycles. The summed E-state index contributed by atoms with van der Waals surface area (Å²) in [6.45, 7) is 0. The first kappa shape index (κ1) is 14.4. The fourth-order valence-corrected chi connectivity index (χ4v) is 3.49. The Balaban J connectivity index is 2.09. The van der Waals surface area contributed by atoms with Gasteiger partial charge in [-0.25, -0.2) is 4.21 Å². The molecule has 0 heterocycles. The predicted molar refractivity (Wildman–Crippen MR) is 82.6 cm³/mol. The summed E-state index contributed by atoms with van der Waals surface area (Å²) in [7, 11) is -0.247. The highest BCUT2D eigenvalue weighted by Gasteiger charge is 2.31. The smallest absolute Gasteiger partial charge is 0.203 e. The van der Waals surface area contributed by atoms with Gasteiger partial charge in [0.15, 0.2) is 5.78 Å². The first-order chi connectivity index (χ1) is 10.6. The van der Waals surface area contributed by atoms with Crippen LogP contribution in [0.15, 0.2) is 64.4 Å². The van der Waals surface area contributed by atoms with Gasteiger partial charge in [0.1, 0.15) is 5.75 Å². The molecule has 5 heteroatoms. The quantitative estimate of drug-likeness (QED) is 0.874. The average Bonchev–Trinajstić information content (AvgIpc) is 2.57. The maximum absolute atomic E-state index is 12.6. The van der Waals surface area contributed by atoms with Gasteiger partial charge in [-0.2, -0.15) is 0 Å². The number of benzene rings is 2. The first-order valence-electron chi connectivity index (χ1n) is 6.58. The van der Waals surface area contributed by atoms with E-state index in [-0.39, 0.29) is 21.8 Å². The molecular weight excluding hydrogens is 300 g/mol. The van der Waals surface area contributed by atoms with E-state index in [0.717, 1.165) is 6.08 Å². The molecule has 0 saturated heterocycles. The van der Waals surface area contributed by atoms with Crippen molar-refractivity contribution >= 4 is 22.4 Å². The molecule has 2 aromatic rings. The van der Waals surface area contributed by atoms with Crippen molar-refractivity contribution in [3.05, 3.63) is 70.6 Å². The molecule has 1 atom stereocenters.